The molecule has 3 N–H and O–H groups in total. The topological polar surface area (TPSA) is 65.1 Å². The van der Waals surface area contributed by atoms with Gasteiger partial charge in [0, 0.05) is 41.4 Å². The molecule has 0 amide bonds. The van der Waals surface area contributed by atoms with E-state index in [1.54, 1.807) is 12.5 Å². The number of fused-ring (bicyclic) bond motifs is 1. The monoisotopic (exact) mass is 362 g/mol. The number of hydrogen-bond donors (Lipinski definition) is 2. The van der Waals surface area contributed by atoms with Crippen molar-refractivity contribution in [3.63, 3.8) is 0 Å². The van der Waals surface area contributed by atoms with E-state index in [4.69, 9.17) is 10.5 Å². The fourth-order valence-corrected chi connectivity index (χ4v) is 3.77. The number of aromatic nitrogens is 2. The molecule has 1 aliphatic rings. The Morgan fingerprint density at radius 2 is 1.89 bits per heavy atom. The van der Waals surface area contributed by atoms with Crippen LogP contribution >= 0.6 is 0 Å². The summed E-state index contributed by atoms with van der Waals surface area (Å²) >= 11 is 0. The first-order valence-corrected chi connectivity index (χ1v) is 9.27. The van der Waals surface area contributed by atoms with Crippen molar-refractivity contribution in [2.24, 2.45) is 0 Å². The zero-order chi connectivity index (χ0) is 19.2. The average molecular weight is 362 g/mol. The number of nitrogens with one attached hydrogen (secondary N) is 1. The molecule has 0 bridgehead atoms. The standard InChI is InChI=1S/C22H26N4O/c1-14-15(2)21-19(16(3)20(14)23)11-22(4,27-21)12-25-17-5-7-18(8-6-17)26-10-9-24-13-26/h5-10,13,25H,11-12,23H2,1-4H3. The van der Waals surface area contributed by atoms with Gasteiger partial charge in [0.2, 0.25) is 0 Å². The molecule has 0 radical (unpaired) electrons. The maximum atomic E-state index is 6.42. The highest BCUT2D eigenvalue weighted by Crippen LogP contribution is 2.43. The van der Waals surface area contributed by atoms with Gasteiger partial charge in [0.1, 0.15) is 11.4 Å². The van der Waals surface area contributed by atoms with Crippen LogP contribution in [0.2, 0.25) is 0 Å². The number of nitrogens with zero attached hydrogens (tertiary/aromatic N) is 2. The van der Waals surface area contributed by atoms with Crippen molar-refractivity contribution in [2.75, 3.05) is 17.6 Å². The molecule has 0 saturated carbocycles. The third kappa shape index (κ3) is 3.03. The van der Waals surface area contributed by atoms with E-state index in [0.717, 1.165) is 52.5 Å². The van der Waals surface area contributed by atoms with E-state index >= 15 is 0 Å². The van der Waals surface area contributed by atoms with Crippen molar-refractivity contribution in [3.8, 4) is 11.4 Å². The first kappa shape index (κ1) is 17.5. The lowest BCUT2D eigenvalue weighted by Gasteiger charge is -2.25. The summed E-state index contributed by atoms with van der Waals surface area (Å²) < 4.78 is 8.40. The van der Waals surface area contributed by atoms with Crippen LogP contribution in [0.1, 0.15) is 29.2 Å². The van der Waals surface area contributed by atoms with E-state index in [1.807, 2.05) is 10.8 Å². The van der Waals surface area contributed by atoms with E-state index in [9.17, 15) is 0 Å². The van der Waals surface area contributed by atoms with Gasteiger partial charge in [-0.25, -0.2) is 4.98 Å². The van der Waals surface area contributed by atoms with Crippen molar-refractivity contribution < 1.29 is 4.74 Å². The molecule has 27 heavy (non-hydrogen) atoms. The molecule has 5 heteroatoms. The molecule has 0 spiro atoms. The Hall–Kier alpha value is -2.95. The highest BCUT2D eigenvalue weighted by Gasteiger charge is 2.37. The predicted octanol–water partition coefficient (Wildman–Crippen LogP) is 4.19. The fourth-order valence-electron chi connectivity index (χ4n) is 3.77. The summed E-state index contributed by atoms with van der Waals surface area (Å²) in [5.41, 5.74) is 13.7. The van der Waals surface area contributed by atoms with Crippen LogP contribution in [0, 0.1) is 20.8 Å². The van der Waals surface area contributed by atoms with Gasteiger partial charge in [-0.1, -0.05) is 0 Å². The molecular formula is C22H26N4O. The molecule has 1 atom stereocenters. The number of anilines is 2. The molecule has 3 aromatic rings. The van der Waals surface area contributed by atoms with Gasteiger partial charge in [0.25, 0.3) is 0 Å². The van der Waals surface area contributed by atoms with Crippen LogP contribution in [0.15, 0.2) is 43.0 Å². The van der Waals surface area contributed by atoms with Crippen molar-refractivity contribution in [3.05, 3.63) is 65.2 Å². The van der Waals surface area contributed by atoms with E-state index in [1.165, 1.54) is 5.56 Å². The van der Waals surface area contributed by atoms with Crippen molar-refractivity contribution in [1.29, 1.82) is 0 Å². The summed E-state index contributed by atoms with van der Waals surface area (Å²) in [4.78, 5) is 4.09. The molecule has 2 aromatic carbocycles. The zero-order valence-corrected chi connectivity index (χ0v) is 16.3. The Morgan fingerprint density at radius 3 is 2.56 bits per heavy atom. The third-order valence-electron chi connectivity index (χ3n) is 5.67. The Bertz CT molecular complexity index is 938. The van der Waals surface area contributed by atoms with Crippen LogP contribution < -0.4 is 15.8 Å². The van der Waals surface area contributed by atoms with E-state index in [0.29, 0.717) is 0 Å². The minimum Gasteiger partial charge on any atom is -0.485 e. The molecule has 5 nitrogen and oxygen atoms in total. The maximum absolute atomic E-state index is 6.42. The highest BCUT2D eigenvalue weighted by molar-refractivity contribution is 5.66. The lowest BCUT2D eigenvalue weighted by molar-refractivity contribution is 0.130. The summed E-state index contributed by atoms with van der Waals surface area (Å²) in [6.45, 7) is 9.14. The molecule has 1 aliphatic heterocycles. The maximum Gasteiger partial charge on any atom is 0.127 e. The van der Waals surface area contributed by atoms with E-state index in [2.05, 4.69) is 62.3 Å². The number of benzene rings is 2. The second kappa shape index (κ2) is 6.34. The van der Waals surface area contributed by atoms with Crippen LogP contribution in [-0.4, -0.2) is 21.7 Å². The van der Waals surface area contributed by atoms with Gasteiger partial charge >= 0.3 is 0 Å². The molecule has 1 aromatic heterocycles. The SMILES string of the molecule is Cc1c(C)c2c(c(C)c1N)CC(C)(CNc1ccc(-n3ccnc3)cc1)O2. The minimum atomic E-state index is -0.291. The Kier molecular flexibility index (Phi) is 4.10. The molecule has 2 heterocycles. The molecule has 0 saturated heterocycles. The summed E-state index contributed by atoms with van der Waals surface area (Å²) in [5.74, 6) is 1.01. The largest absolute Gasteiger partial charge is 0.485 e. The summed E-state index contributed by atoms with van der Waals surface area (Å²) in [6, 6.07) is 8.32. The third-order valence-corrected chi connectivity index (χ3v) is 5.67. The number of imidazole rings is 1. The normalized spacial score (nSPS) is 18.2. The van der Waals surface area contributed by atoms with Gasteiger partial charge in [-0.2, -0.15) is 0 Å². The first-order valence-electron chi connectivity index (χ1n) is 9.27. The lowest BCUT2D eigenvalue weighted by Crippen LogP contribution is -2.38. The Balaban J connectivity index is 1.49. The minimum absolute atomic E-state index is 0.291. The molecular weight excluding hydrogens is 336 g/mol. The van der Waals surface area contributed by atoms with Crippen molar-refractivity contribution in [2.45, 2.75) is 39.7 Å². The molecule has 4 rings (SSSR count). The Labute approximate surface area is 160 Å². The van der Waals surface area contributed by atoms with E-state index in [-0.39, 0.29) is 5.60 Å². The van der Waals surface area contributed by atoms with Crippen molar-refractivity contribution in [1.82, 2.24) is 9.55 Å². The molecule has 140 valence electrons. The number of ether oxygens (including phenoxy) is 1. The quantitative estimate of drug-likeness (QED) is 0.683. The Morgan fingerprint density at radius 1 is 1.15 bits per heavy atom. The number of nitrogen functional groups attached to an aromatic ring is 1. The van der Waals surface area contributed by atoms with Gasteiger partial charge in [-0.15, -0.1) is 0 Å². The smallest absolute Gasteiger partial charge is 0.127 e. The second-order valence-corrected chi connectivity index (χ2v) is 7.70. The molecule has 1 unspecified atom stereocenters. The van der Waals surface area contributed by atoms with Crippen LogP contribution in [0.25, 0.3) is 5.69 Å². The summed E-state index contributed by atoms with van der Waals surface area (Å²) in [7, 11) is 0. The predicted molar refractivity (Wildman–Crippen MR) is 110 cm³/mol. The molecule has 0 aliphatic carbocycles. The summed E-state index contributed by atoms with van der Waals surface area (Å²) in [6.07, 6.45) is 6.37. The zero-order valence-electron chi connectivity index (χ0n) is 16.3. The number of nitrogens with two attached hydrogens (primary N) is 1. The first-order chi connectivity index (χ1) is 12.9. The van der Waals surface area contributed by atoms with Gasteiger partial charge in [-0.05, 0) is 68.7 Å². The van der Waals surface area contributed by atoms with Crippen LogP contribution in [0.3, 0.4) is 0 Å². The summed E-state index contributed by atoms with van der Waals surface area (Å²) in [5, 5.41) is 3.52. The van der Waals surface area contributed by atoms with E-state index < -0.39 is 0 Å². The van der Waals surface area contributed by atoms with Crippen LogP contribution in [0.4, 0.5) is 11.4 Å². The van der Waals surface area contributed by atoms with Gasteiger partial charge in [0.15, 0.2) is 0 Å². The van der Waals surface area contributed by atoms with Gasteiger partial charge in [-0.3, -0.25) is 0 Å². The second-order valence-electron chi connectivity index (χ2n) is 7.70. The van der Waals surface area contributed by atoms with Gasteiger partial charge in [0.05, 0.1) is 12.9 Å². The molecule has 0 fully saturated rings. The highest BCUT2D eigenvalue weighted by atomic mass is 16.5. The van der Waals surface area contributed by atoms with Gasteiger partial charge < -0.3 is 20.4 Å². The number of hydrogen-bond acceptors (Lipinski definition) is 4. The lowest BCUT2D eigenvalue weighted by atomic mass is 9.92. The van der Waals surface area contributed by atoms with Crippen LogP contribution in [-0.2, 0) is 6.42 Å². The van der Waals surface area contributed by atoms with Crippen molar-refractivity contribution >= 4 is 11.4 Å². The number of rotatable bonds is 4. The van der Waals surface area contributed by atoms with Crippen LogP contribution in [0.5, 0.6) is 5.75 Å². The average Bonchev–Trinajstić information content (AvgIpc) is 3.32. The fraction of sp³-hybridized carbons (Fsp3) is 0.318.